The number of aryl methyl sites for hydroxylation is 1. The third kappa shape index (κ3) is 3.92. The van der Waals surface area contributed by atoms with Crippen molar-refractivity contribution in [3.63, 3.8) is 0 Å². The van der Waals surface area contributed by atoms with Crippen LogP contribution in [0.5, 0.6) is 0 Å². The number of ether oxygens (including phenoxy) is 2. The Kier molecular flexibility index (Phi) is 5.84. The van der Waals surface area contributed by atoms with Crippen molar-refractivity contribution in [3.8, 4) is 11.3 Å². The Balaban J connectivity index is 1.85. The minimum Gasteiger partial charge on any atom is -0.465 e. The van der Waals surface area contributed by atoms with E-state index in [9.17, 15) is 14.4 Å². The molecular weight excluding hydrogens is 408 g/mol. The molecule has 1 unspecified atom stereocenters. The lowest BCUT2D eigenvalue weighted by molar-refractivity contribution is -0.145. The fourth-order valence-corrected chi connectivity index (χ4v) is 4.88. The molecule has 0 amide bonds. The van der Waals surface area contributed by atoms with E-state index in [0.717, 1.165) is 28.9 Å². The van der Waals surface area contributed by atoms with Gasteiger partial charge in [-0.05, 0) is 37.0 Å². The normalized spacial score (nSPS) is 19.5. The van der Waals surface area contributed by atoms with Gasteiger partial charge in [0.1, 0.15) is 6.10 Å². The Bertz CT molecular complexity index is 1130. The van der Waals surface area contributed by atoms with Crippen LogP contribution in [0.25, 0.3) is 11.3 Å². The zero-order valence-corrected chi connectivity index (χ0v) is 19.3. The summed E-state index contributed by atoms with van der Waals surface area (Å²) in [5.74, 6) is -0.356. The molecule has 0 aliphatic carbocycles. The van der Waals surface area contributed by atoms with Crippen LogP contribution in [0.15, 0.2) is 29.2 Å². The van der Waals surface area contributed by atoms with Gasteiger partial charge in [0.25, 0.3) is 0 Å². The lowest BCUT2D eigenvalue weighted by atomic mass is 9.86. The number of carbonyl (C=O) groups excluding carboxylic acids is 2. The standard InChI is InChI=1S/C25H30N2O5/c1-14(2)21-8-17-9-22(26-7-6-18(13-26)32-16(4)28)20(25(30)31-5)10-19(17)23-11-24(29)15(3)12-27(21)23/h9-12,14,18,21H,6-8,13H2,1-5H3/t18-,21?/m0/s1. The minimum atomic E-state index is -0.425. The van der Waals surface area contributed by atoms with E-state index in [4.69, 9.17) is 9.47 Å². The van der Waals surface area contributed by atoms with Crippen molar-refractivity contribution < 1.29 is 19.1 Å². The Morgan fingerprint density at radius 3 is 2.59 bits per heavy atom. The van der Waals surface area contributed by atoms with Crippen LogP contribution in [0.4, 0.5) is 5.69 Å². The number of fused-ring (bicyclic) bond motifs is 3. The molecule has 7 heteroatoms. The molecule has 2 aliphatic heterocycles. The SMILES string of the molecule is COC(=O)c1cc2c(cc1N1CC[C@H](OC(C)=O)C1)CC(C(C)C)n1cc(C)c(=O)cc1-2. The number of esters is 2. The van der Waals surface area contributed by atoms with Crippen LogP contribution in [0.2, 0.25) is 0 Å². The van der Waals surface area contributed by atoms with E-state index in [1.165, 1.54) is 14.0 Å². The molecule has 0 N–H and O–H groups in total. The van der Waals surface area contributed by atoms with E-state index in [2.05, 4.69) is 29.4 Å². The van der Waals surface area contributed by atoms with Gasteiger partial charge in [-0.1, -0.05) is 13.8 Å². The number of pyridine rings is 1. The van der Waals surface area contributed by atoms with Gasteiger partial charge in [-0.2, -0.15) is 0 Å². The monoisotopic (exact) mass is 438 g/mol. The summed E-state index contributed by atoms with van der Waals surface area (Å²) >= 11 is 0. The van der Waals surface area contributed by atoms with Gasteiger partial charge < -0.3 is 18.9 Å². The second kappa shape index (κ2) is 8.45. The average Bonchev–Trinajstić information content (AvgIpc) is 3.20. The number of rotatable bonds is 4. The number of methoxy groups -OCH3 is 1. The van der Waals surface area contributed by atoms with E-state index in [0.29, 0.717) is 36.6 Å². The molecular formula is C25H30N2O5. The summed E-state index contributed by atoms with van der Waals surface area (Å²) in [7, 11) is 1.37. The summed E-state index contributed by atoms with van der Waals surface area (Å²) in [5.41, 5.74) is 4.76. The molecule has 1 fully saturated rings. The van der Waals surface area contributed by atoms with Crippen molar-refractivity contribution in [2.75, 3.05) is 25.1 Å². The van der Waals surface area contributed by atoms with Crippen molar-refractivity contribution >= 4 is 17.6 Å². The van der Waals surface area contributed by atoms with Crippen LogP contribution >= 0.6 is 0 Å². The summed E-state index contributed by atoms with van der Waals surface area (Å²) in [5, 5.41) is 0. The van der Waals surface area contributed by atoms with Gasteiger partial charge in [0.05, 0.1) is 30.6 Å². The maximum Gasteiger partial charge on any atom is 0.339 e. The highest BCUT2D eigenvalue weighted by Crippen LogP contribution is 2.41. The lowest BCUT2D eigenvalue weighted by Crippen LogP contribution is -2.29. The minimum absolute atomic E-state index is 0.0148. The molecule has 0 bridgehead atoms. The van der Waals surface area contributed by atoms with Crippen molar-refractivity contribution in [2.24, 2.45) is 5.92 Å². The van der Waals surface area contributed by atoms with Crippen LogP contribution in [0.1, 0.15) is 54.7 Å². The highest BCUT2D eigenvalue weighted by Gasteiger charge is 2.32. The van der Waals surface area contributed by atoms with E-state index in [-0.39, 0.29) is 23.5 Å². The molecule has 4 rings (SSSR count). The Morgan fingerprint density at radius 1 is 1.19 bits per heavy atom. The first-order valence-corrected chi connectivity index (χ1v) is 11.1. The Labute approximate surface area is 187 Å². The zero-order chi connectivity index (χ0) is 23.2. The molecule has 2 aromatic rings. The fraction of sp³-hybridized carbons (Fsp3) is 0.480. The maximum atomic E-state index is 12.7. The highest BCUT2D eigenvalue weighted by atomic mass is 16.5. The number of anilines is 1. The molecule has 1 saturated heterocycles. The van der Waals surface area contributed by atoms with Gasteiger partial charge in [0.2, 0.25) is 0 Å². The highest BCUT2D eigenvalue weighted by molar-refractivity contribution is 5.98. The summed E-state index contributed by atoms with van der Waals surface area (Å²) in [6.45, 7) is 8.82. The molecule has 2 aliphatic rings. The molecule has 0 saturated carbocycles. The first kappa shape index (κ1) is 22.1. The second-order valence-electron chi connectivity index (χ2n) is 9.11. The molecule has 3 heterocycles. The third-order valence-corrected chi connectivity index (χ3v) is 6.54. The number of hydrogen-bond donors (Lipinski definition) is 0. The quantitative estimate of drug-likeness (QED) is 0.680. The van der Waals surface area contributed by atoms with Gasteiger partial charge in [0, 0.05) is 49.3 Å². The Morgan fingerprint density at radius 2 is 1.94 bits per heavy atom. The first-order valence-electron chi connectivity index (χ1n) is 11.1. The van der Waals surface area contributed by atoms with E-state index < -0.39 is 5.97 Å². The third-order valence-electron chi connectivity index (χ3n) is 6.54. The molecule has 7 nitrogen and oxygen atoms in total. The summed E-state index contributed by atoms with van der Waals surface area (Å²) < 4.78 is 12.7. The number of hydrogen-bond acceptors (Lipinski definition) is 6. The molecule has 0 spiro atoms. The van der Waals surface area contributed by atoms with Gasteiger partial charge in [-0.25, -0.2) is 4.79 Å². The molecule has 170 valence electrons. The number of benzene rings is 1. The van der Waals surface area contributed by atoms with Gasteiger partial charge in [0.15, 0.2) is 5.43 Å². The van der Waals surface area contributed by atoms with Crippen LogP contribution in [0, 0.1) is 12.8 Å². The molecule has 1 aromatic carbocycles. The summed E-state index contributed by atoms with van der Waals surface area (Å²) in [6.07, 6.45) is 3.25. The van der Waals surface area contributed by atoms with Crippen molar-refractivity contribution in [3.05, 3.63) is 51.3 Å². The number of carbonyl (C=O) groups is 2. The molecule has 1 aromatic heterocycles. The van der Waals surface area contributed by atoms with Crippen molar-refractivity contribution in [1.82, 2.24) is 4.57 Å². The van der Waals surface area contributed by atoms with Crippen molar-refractivity contribution in [1.29, 1.82) is 0 Å². The zero-order valence-electron chi connectivity index (χ0n) is 19.3. The van der Waals surface area contributed by atoms with Crippen LogP contribution in [-0.2, 0) is 20.7 Å². The second-order valence-corrected chi connectivity index (χ2v) is 9.11. The maximum absolute atomic E-state index is 12.7. The average molecular weight is 439 g/mol. The molecule has 32 heavy (non-hydrogen) atoms. The largest absolute Gasteiger partial charge is 0.465 e. The van der Waals surface area contributed by atoms with E-state index in [1.54, 1.807) is 6.07 Å². The first-order chi connectivity index (χ1) is 15.2. The van der Waals surface area contributed by atoms with Crippen LogP contribution < -0.4 is 10.3 Å². The number of aromatic nitrogens is 1. The number of nitrogens with zero attached hydrogens (tertiary/aromatic N) is 2. The fourth-order valence-electron chi connectivity index (χ4n) is 4.88. The van der Waals surface area contributed by atoms with Gasteiger partial charge in [-0.3, -0.25) is 9.59 Å². The predicted octanol–water partition coefficient (Wildman–Crippen LogP) is 3.51. The van der Waals surface area contributed by atoms with Crippen LogP contribution in [0.3, 0.4) is 0 Å². The summed E-state index contributed by atoms with van der Waals surface area (Å²) in [6, 6.07) is 5.80. The lowest BCUT2D eigenvalue weighted by Gasteiger charge is -2.34. The molecule has 2 atom stereocenters. The van der Waals surface area contributed by atoms with Gasteiger partial charge in [-0.15, -0.1) is 0 Å². The summed E-state index contributed by atoms with van der Waals surface area (Å²) in [4.78, 5) is 38.7. The Hall–Kier alpha value is -3.09. The topological polar surface area (TPSA) is 77.8 Å². The van der Waals surface area contributed by atoms with Gasteiger partial charge >= 0.3 is 11.9 Å². The predicted molar refractivity (Wildman–Crippen MR) is 122 cm³/mol. The molecule has 0 radical (unpaired) electrons. The van der Waals surface area contributed by atoms with E-state index >= 15 is 0 Å². The van der Waals surface area contributed by atoms with Crippen molar-refractivity contribution in [2.45, 2.75) is 52.7 Å². The van der Waals surface area contributed by atoms with E-state index in [1.807, 2.05) is 19.2 Å². The van der Waals surface area contributed by atoms with Crippen LogP contribution in [-0.4, -0.2) is 42.8 Å². The smallest absolute Gasteiger partial charge is 0.339 e.